The van der Waals surface area contributed by atoms with E-state index in [0.29, 0.717) is 0 Å². The van der Waals surface area contributed by atoms with E-state index < -0.39 is 0 Å². The van der Waals surface area contributed by atoms with E-state index in [4.69, 9.17) is 4.74 Å². The molecule has 10 heavy (non-hydrogen) atoms. The molecule has 0 amide bonds. The lowest BCUT2D eigenvalue weighted by atomic mass is 10.3. The number of hydrogen-bond donors (Lipinski definition) is 0. The average Bonchev–Trinajstić information content (AvgIpc) is 2.37. The molecular formula is C7H9NOS. The van der Waals surface area contributed by atoms with Gasteiger partial charge in [-0.3, -0.25) is 0 Å². The summed E-state index contributed by atoms with van der Waals surface area (Å²) in [4.78, 5) is 4.14. The topological polar surface area (TPSA) is 22.1 Å². The van der Waals surface area contributed by atoms with Crippen molar-refractivity contribution in [2.24, 2.45) is 0 Å². The lowest BCUT2D eigenvalue weighted by Gasteiger charge is -1.87. The number of ether oxygens (including phenoxy) is 1. The highest BCUT2D eigenvalue weighted by atomic mass is 32.1. The Kier molecular flexibility index (Phi) is 2.45. The molecule has 1 aromatic heterocycles. The van der Waals surface area contributed by atoms with Crippen molar-refractivity contribution in [3.63, 3.8) is 0 Å². The number of hydrogen-bond acceptors (Lipinski definition) is 3. The second-order valence-electron chi connectivity index (χ2n) is 1.80. The Bertz CT molecular complexity index is 219. The van der Waals surface area contributed by atoms with Crippen LogP contribution in [0.25, 0.3) is 0 Å². The number of allylic oxidation sites excluding steroid dienone is 1. The van der Waals surface area contributed by atoms with Gasteiger partial charge in [0.15, 0.2) is 0 Å². The maximum Gasteiger partial charge on any atom is 0.273 e. The predicted molar refractivity (Wildman–Crippen MR) is 42.6 cm³/mol. The van der Waals surface area contributed by atoms with Crippen LogP contribution in [0.2, 0.25) is 0 Å². The summed E-state index contributed by atoms with van der Waals surface area (Å²) in [5, 5.41) is 2.69. The minimum Gasteiger partial charge on any atom is -0.473 e. The van der Waals surface area contributed by atoms with Crippen molar-refractivity contribution in [2.45, 2.75) is 6.42 Å². The Morgan fingerprint density at radius 2 is 2.70 bits per heavy atom. The van der Waals surface area contributed by atoms with Gasteiger partial charge in [-0.1, -0.05) is 17.4 Å². The molecule has 0 saturated heterocycles. The first kappa shape index (κ1) is 7.28. The minimum absolute atomic E-state index is 0.719. The van der Waals surface area contributed by atoms with Gasteiger partial charge < -0.3 is 4.74 Å². The number of rotatable bonds is 3. The van der Waals surface area contributed by atoms with Crippen LogP contribution >= 0.6 is 11.3 Å². The highest BCUT2D eigenvalue weighted by Crippen LogP contribution is 2.17. The third-order valence-corrected chi connectivity index (χ3v) is 1.91. The summed E-state index contributed by atoms with van der Waals surface area (Å²) in [5.74, 6) is 0. The fraction of sp³-hybridized carbons (Fsp3) is 0.286. The van der Waals surface area contributed by atoms with Crippen LogP contribution in [0, 0.1) is 0 Å². The average molecular weight is 155 g/mol. The molecule has 1 heterocycles. The van der Waals surface area contributed by atoms with E-state index in [1.54, 1.807) is 7.11 Å². The van der Waals surface area contributed by atoms with E-state index in [2.05, 4.69) is 11.6 Å². The molecule has 0 aliphatic rings. The lowest BCUT2D eigenvalue weighted by Crippen LogP contribution is -1.82. The van der Waals surface area contributed by atoms with Gasteiger partial charge in [0, 0.05) is 11.8 Å². The molecule has 2 nitrogen and oxygen atoms in total. The first-order chi connectivity index (χ1) is 4.86. The maximum absolute atomic E-state index is 4.91. The first-order valence-electron chi connectivity index (χ1n) is 2.96. The van der Waals surface area contributed by atoms with Crippen molar-refractivity contribution in [1.29, 1.82) is 0 Å². The molecule has 0 radical (unpaired) electrons. The van der Waals surface area contributed by atoms with E-state index in [1.807, 2.05) is 11.5 Å². The first-order valence-corrected chi connectivity index (χ1v) is 3.84. The van der Waals surface area contributed by atoms with Crippen LogP contribution < -0.4 is 4.74 Å². The molecule has 1 rings (SSSR count). The molecule has 0 N–H and O–H groups in total. The van der Waals surface area contributed by atoms with Crippen LogP contribution in [0.3, 0.4) is 0 Å². The van der Waals surface area contributed by atoms with Gasteiger partial charge in [-0.15, -0.1) is 6.58 Å². The second-order valence-corrected chi connectivity index (χ2v) is 2.62. The Balaban J connectivity index is 2.67. The summed E-state index contributed by atoms with van der Waals surface area (Å²) in [6.07, 6.45) is 2.65. The van der Waals surface area contributed by atoms with E-state index in [9.17, 15) is 0 Å². The normalized spacial score (nSPS) is 9.30. The van der Waals surface area contributed by atoms with Gasteiger partial charge in [-0.05, 0) is 0 Å². The van der Waals surface area contributed by atoms with E-state index in [0.717, 1.165) is 17.3 Å². The molecule has 0 spiro atoms. The lowest BCUT2D eigenvalue weighted by molar-refractivity contribution is 0.411. The van der Waals surface area contributed by atoms with Crippen molar-refractivity contribution in [3.8, 4) is 5.19 Å². The van der Waals surface area contributed by atoms with Crippen LogP contribution in [0.1, 0.15) is 5.69 Å². The van der Waals surface area contributed by atoms with Crippen LogP contribution in [0.4, 0.5) is 0 Å². The molecule has 0 aromatic carbocycles. The van der Waals surface area contributed by atoms with Crippen molar-refractivity contribution < 1.29 is 4.74 Å². The zero-order valence-electron chi connectivity index (χ0n) is 5.83. The molecule has 54 valence electrons. The summed E-state index contributed by atoms with van der Waals surface area (Å²) in [6.45, 7) is 3.61. The van der Waals surface area contributed by atoms with Crippen LogP contribution in [-0.2, 0) is 6.42 Å². The largest absolute Gasteiger partial charge is 0.473 e. The van der Waals surface area contributed by atoms with E-state index in [-0.39, 0.29) is 0 Å². The number of methoxy groups -OCH3 is 1. The van der Waals surface area contributed by atoms with Gasteiger partial charge in [0.1, 0.15) is 0 Å². The fourth-order valence-electron chi connectivity index (χ4n) is 0.624. The Morgan fingerprint density at radius 3 is 3.20 bits per heavy atom. The Morgan fingerprint density at radius 1 is 1.90 bits per heavy atom. The van der Waals surface area contributed by atoms with Gasteiger partial charge in [-0.2, -0.15) is 0 Å². The van der Waals surface area contributed by atoms with Crippen molar-refractivity contribution in [2.75, 3.05) is 7.11 Å². The number of nitrogens with zero attached hydrogens (tertiary/aromatic N) is 1. The molecule has 0 saturated carbocycles. The smallest absolute Gasteiger partial charge is 0.273 e. The molecule has 0 aliphatic carbocycles. The van der Waals surface area contributed by atoms with E-state index >= 15 is 0 Å². The predicted octanol–water partition coefficient (Wildman–Crippen LogP) is 1.88. The highest BCUT2D eigenvalue weighted by Gasteiger charge is 1.97. The number of thiazole rings is 1. The quantitative estimate of drug-likeness (QED) is 0.622. The fourth-order valence-corrected chi connectivity index (χ4v) is 1.28. The molecule has 0 fully saturated rings. The number of aromatic nitrogens is 1. The summed E-state index contributed by atoms with van der Waals surface area (Å²) in [7, 11) is 1.62. The molecule has 0 atom stereocenters. The molecule has 0 unspecified atom stereocenters. The maximum atomic E-state index is 4.91. The van der Waals surface area contributed by atoms with Gasteiger partial charge in [0.2, 0.25) is 0 Å². The molecule has 1 aromatic rings. The van der Waals surface area contributed by atoms with Crippen LogP contribution in [0.5, 0.6) is 5.19 Å². The third kappa shape index (κ3) is 1.57. The van der Waals surface area contributed by atoms with Crippen molar-refractivity contribution in [3.05, 3.63) is 23.7 Å². The van der Waals surface area contributed by atoms with Crippen LogP contribution in [0.15, 0.2) is 18.0 Å². The second kappa shape index (κ2) is 3.37. The van der Waals surface area contributed by atoms with Crippen molar-refractivity contribution in [1.82, 2.24) is 4.98 Å². The zero-order valence-corrected chi connectivity index (χ0v) is 6.65. The third-order valence-electron chi connectivity index (χ3n) is 1.06. The SMILES string of the molecule is C=CCc1csc(OC)n1. The van der Waals surface area contributed by atoms with Gasteiger partial charge in [0.05, 0.1) is 12.8 Å². The summed E-state index contributed by atoms with van der Waals surface area (Å²) >= 11 is 1.51. The van der Waals surface area contributed by atoms with Gasteiger partial charge in [0.25, 0.3) is 5.19 Å². The molecular weight excluding hydrogens is 146 g/mol. The Hall–Kier alpha value is -0.830. The monoisotopic (exact) mass is 155 g/mol. The minimum atomic E-state index is 0.719. The van der Waals surface area contributed by atoms with E-state index in [1.165, 1.54) is 11.3 Å². The summed E-state index contributed by atoms with van der Waals surface area (Å²) < 4.78 is 4.91. The zero-order chi connectivity index (χ0) is 7.40. The van der Waals surface area contributed by atoms with Crippen LogP contribution in [-0.4, -0.2) is 12.1 Å². The molecule has 0 aliphatic heterocycles. The molecule has 3 heteroatoms. The summed E-state index contributed by atoms with van der Waals surface area (Å²) in [6, 6.07) is 0. The van der Waals surface area contributed by atoms with Crippen molar-refractivity contribution >= 4 is 11.3 Å². The van der Waals surface area contributed by atoms with Gasteiger partial charge in [-0.25, -0.2) is 4.98 Å². The molecule has 0 bridgehead atoms. The van der Waals surface area contributed by atoms with Gasteiger partial charge >= 0.3 is 0 Å². The summed E-state index contributed by atoms with van der Waals surface area (Å²) in [5.41, 5.74) is 1.02. The Labute approximate surface area is 64.2 Å². The standard InChI is InChI=1S/C7H9NOS/c1-3-4-6-5-10-7(8-6)9-2/h3,5H,1,4H2,2H3. The highest BCUT2D eigenvalue weighted by molar-refractivity contribution is 7.11.